The molecule has 6 nitrogen and oxygen atoms in total. The molecule has 0 atom stereocenters. The number of hydrogen-bond acceptors (Lipinski definition) is 4. The summed E-state index contributed by atoms with van der Waals surface area (Å²) >= 11 is 0. The topological polar surface area (TPSA) is 109 Å². The molecule has 2 aromatic carbocycles. The third-order valence-corrected chi connectivity index (χ3v) is 5.02. The van der Waals surface area contributed by atoms with E-state index in [1.807, 2.05) is 13.8 Å². The van der Waals surface area contributed by atoms with Crippen LogP contribution in [0, 0.1) is 0 Å². The molecule has 0 aliphatic carbocycles. The first-order chi connectivity index (χ1) is 12.4. The fourth-order valence-electron chi connectivity index (χ4n) is 2.18. The molecular weight excluding hydrogens is 352 g/mol. The molecule has 0 spiro atoms. The second kappa shape index (κ2) is 10.7. The first-order valence-corrected chi connectivity index (χ1v) is 10.0. The lowest BCUT2D eigenvalue weighted by Crippen LogP contribution is -2.24. The lowest BCUT2D eigenvalue weighted by molar-refractivity contribution is 0.100. The zero-order chi connectivity index (χ0) is 19.6. The van der Waals surface area contributed by atoms with Crippen LogP contribution in [0.1, 0.15) is 37.0 Å². The van der Waals surface area contributed by atoms with Gasteiger partial charge in [0.2, 0.25) is 15.9 Å². The molecule has 0 heterocycles. The molecule has 1 amide bonds. The van der Waals surface area contributed by atoms with Crippen molar-refractivity contribution >= 4 is 15.9 Å². The van der Waals surface area contributed by atoms with Crippen LogP contribution >= 0.6 is 0 Å². The quantitative estimate of drug-likeness (QED) is 0.613. The number of rotatable bonds is 8. The SMILES string of the molecule is CC.NC(=O)c1ccc(-c2ccc(S(=O)(=O)NCCCCO)cc2)cc1. The summed E-state index contributed by atoms with van der Waals surface area (Å²) in [6.07, 6.45) is 1.14. The molecule has 0 unspecified atom stereocenters. The molecule has 0 aliphatic rings. The summed E-state index contributed by atoms with van der Waals surface area (Å²) in [5.41, 5.74) is 7.32. The Hall–Kier alpha value is -2.22. The highest BCUT2D eigenvalue weighted by molar-refractivity contribution is 7.89. The molecule has 2 aromatic rings. The number of benzene rings is 2. The van der Waals surface area contributed by atoms with Crippen molar-refractivity contribution in [2.45, 2.75) is 31.6 Å². The summed E-state index contributed by atoms with van der Waals surface area (Å²) in [6.45, 7) is 4.34. The number of unbranched alkanes of at least 4 members (excludes halogenated alkanes) is 1. The van der Waals surface area contributed by atoms with Gasteiger partial charge < -0.3 is 10.8 Å². The van der Waals surface area contributed by atoms with E-state index in [4.69, 9.17) is 10.8 Å². The maximum atomic E-state index is 12.1. The van der Waals surface area contributed by atoms with E-state index in [1.54, 1.807) is 36.4 Å². The molecular formula is C19H26N2O4S. The normalized spacial score (nSPS) is 10.7. The molecule has 0 saturated carbocycles. The molecule has 7 heteroatoms. The number of aliphatic hydroxyl groups excluding tert-OH is 1. The van der Waals surface area contributed by atoms with E-state index in [0.29, 0.717) is 24.9 Å². The van der Waals surface area contributed by atoms with E-state index < -0.39 is 15.9 Å². The fourth-order valence-corrected chi connectivity index (χ4v) is 3.25. The highest BCUT2D eigenvalue weighted by Crippen LogP contribution is 2.21. The summed E-state index contributed by atoms with van der Waals surface area (Å²) in [5, 5.41) is 8.70. The van der Waals surface area contributed by atoms with E-state index >= 15 is 0 Å². The largest absolute Gasteiger partial charge is 0.396 e. The van der Waals surface area contributed by atoms with Crippen molar-refractivity contribution in [3.63, 3.8) is 0 Å². The minimum absolute atomic E-state index is 0.0466. The molecule has 0 radical (unpaired) electrons. The van der Waals surface area contributed by atoms with Gasteiger partial charge in [-0.2, -0.15) is 0 Å². The van der Waals surface area contributed by atoms with Gasteiger partial charge in [0.25, 0.3) is 0 Å². The van der Waals surface area contributed by atoms with E-state index in [9.17, 15) is 13.2 Å². The van der Waals surface area contributed by atoms with Crippen molar-refractivity contribution in [1.82, 2.24) is 4.72 Å². The van der Waals surface area contributed by atoms with E-state index in [1.165, 1.54) is 12.1 Å². The van der Waals surface area contributed by atoms with Crippen molar-refractivity contribution in [2.24, 2.45) is 5.73 Å². The summed E-state index contributed by atoms with van der Waals surface area (Å²) in [7, 11) is -3.55. The summed E-state index contributed by atoms with van der Waals surface area (Å²) in [6, 6.07) is 13.3. The zero-order valence-corrected chi connectivity index (χ0v) is 15.9. The number of sulfonamides is 1. The second-order valence-electron chi connectivity index (χ2n) is 5.29. The van der Waals surface area contributed by atoms with Crippen LogP contribution in [0.15, 0.2) is 53.4 Å². The summed E-state index contributed by atoms with van der Waals surface area (Å²) in [5.74, 6) is -0.490. The average Bonchev–Trinajstić information content (AvgIpc) is 2.67. The number of amides is 1. The Morgan fingerprint density at radius 2 is 1.46 bits per heavy atom. The third kappa shape index (κ3) is 6.25. The van der Waals surface area contributed by atoms with Gasteiger partial charge in [0.05, 0.1) is 4.90 Å². The molecule has 4 N–H and O–H groups in total. The Labute approximate surface area is 155 Å². The van der Waals surface area contributed by atoms with Crippen molar-refractivity contribution in [1.29, 1.82) is 0 Å². The summed E-state index contributed by atoms with van der Waals surface area (Å²) < 4.78 is 26.8. The van der Waals surface area contributed by atoms with Crippen molar-refractivity contribution in [3.8, 4) is 11.1 Å². The van der Waals surface area contributed by atoms with Crippen LogP contribution in [-0.2, 0) is 10.0 Å². The predicted octanol–water partition coefficient (Wildman–Crippen LogP) is 2.53. The molecule has 0 fully saturated rings. The first kappa shape index (κ1) is 21.8. The zero-order valence-electron chi connectivity index (χ0n) is 15.1. The minimum Gasteiger partial charge on any atom is -0.396 e. The maximum Gasteiger partial charge on any atom is 0.248 e. The third-order valence-electron chi connectivity index (χ3n) is 3.54. The Morgan fingerprint density at radius 1 is 0.962 bits per heavy atom. The average molecular weight is 378 g/mol. The van der Waals surface area contributed by atoms with Gasteiger partial charge in [0.15, 0.2) is 0 Å². The lowest BCUT2D eigenvalue weighted by Gasteiger charge is -2.08. The van der Waals surface area contributed by atoms with Gasteiger partial charge in [-0.1, -0.05) is 38.1 Å². The number of primary amides is 1. The van der Waals surface area contributed by atoms with Crippen LogP contribution in [0.25, 0.3) is 11.1 Å². The highest BCUT2D eigenvalue weighted by Gasteiger charge is 2.13. The van der Waals surface area contributed by atoms with Crippen LogP contribution in [0.5, 0.6) is 0 Å². The molecule has 0 aromatic heterocycles. The lowest BCUT2D eigenvalue weighted by atomic mass is 10.0. The predicted molar refractivity (Wildman–Crippen MR) is 103 cm³/mol. The second-order valence-corrected chi connectivity index (χ2v) is 7.06. The number of hydrogen-bond donors (Lipinski definition) is 3. The Bertz CT molecular complexity index is 785. The molecule has 0 saturated heterocycles. The van der Waals surface area contributed by atoms with Gasteiger partial charge in [0, 0.05) is 18.7 Å². The number of aliphatic hydroxyl groups is 1. The maximum absolute atomic E-state index is 12.1. The Kier molecular flexibility index (Phi) is 8.98. The van der Waals surface area contributed by atoms with Gasteiger partial charge in [-0.3, -0.25) is 4.79 Å². The molecule has 142 valence electrons. The van der Waals surface area contributed by atoms with E-state index in [2.05, 4.69) is 4.72 Å². The molecule has 2 rings (SSSR count). The fraction of sp³-hybridized carbons (Fsp3) is 0.316. The Balaban J connectivity index is 0.00000163. The number of carbonyl (C=O) groups excluding carboxylic acids is 1. The smallest absolute Gasteiger partial charge is 0.248 e. The van der Waals surface area contributed by atoms with Crippen molar-refractivity contribution < 1.29 is 18.3 Å². The monoisotopic (exact) mass is 378 g/mol. The van der Waals surface area contributed by atoms with Gasteiger partial charge in [-0.25, -0.2) is 13.1 Å². The van der Waals surface area contributed by atoms with E-state index in [0.717, 1.165) is 11.1 Å². The van der Waals surface area contributed by atoms with Crippen LogP contribution in [0.2, 0.25) is 0 Å². The Morgan fingerprint density at radius 3 is 1.92 bits per heavy atom. The van der Waals surface area contributed by atoms with Crippen molar-refractivity contribution in [2.75, 3.05) is 13.2 Å². The van der Waals surface area contributed by atoms with Gasteiger partial charge in [0.1, 0.15) is 0 Å². The van der Waals surface area contributed by atoms with Crippen LogP contribution in [0.4, 0.5) is 0 Å². The number of carbonyl (C=O) groups is 1. The van der Waals surface area contributed by atoms with Crippen LogP contribution in [-0.4, -0.2) is 32.6 Å². The standard InChI is InChI=1S/C17H20N2O4S.C2H6/c18-17(21)15-5-3-13(4-6-15)14-7-9-16(10-8-14)24(22,23)19-11-1-2-12-20;1-2/h3-10,19-20H,1-2,11-12H2,(H2,18,21);1-2H3. The molecule has 0 bridgehead atoms. The van der Waals surface area contributed by atoms with Crippen molar-refractivity contribution in [3.05, 3.63) is 54.1 Å². The van der Waals surface area contributed by atoms with Crippen LogP contribution < -0.4 is 10.5 Å². The van der Waals surface area contributed by atoms with E-state index in [-0.39, 0.29) is 11.5 Å². The summed E-state index contributed by atoms with van der Waals surface area (Å²) in [4.78, 5) is 11.3. The van der Waals surface area contributed by atoms with Crippen LogP contribution in [0.3, 0.4) is 0 Å². The van der Waals surface area contributed by atoms with Gasteiger partial charge >= 0.3 is 0 Å². The molecule has 0 aliphatic heterocycles. The van der Waals surface area contributed by atoms with Gasteiger partial charge in [-0.05, 0) is 48.2 Å². The highest BCUT2D eigenvalue weighted by atomic mass is 32.2. The minimum atomic E-state index is -3.55. The molecule has 26 heavy (non-hydrogen) atoms. The van der Waals surface area contributed by atoms with Gasteiger partial charge in [-0.15, -0.1) is 0 Å². The number of nitrogens with two attached hydrogens (primary N) is 1. The first-order valence-electron chi connectivity index (χ1n) is 8.55. The number of nitrogens with one attached hydrogen (secondary N) is 1.